The van der Waals surface area contributed by atoms with Gasteiger partial charge in [0.15, 0.2) is 0 Å². The van der Waals surface area contributed by atoms with Gasteiger partial charge in [0.2, 0.25) is 5.91 Å². The largest absolute Gasteiger partial charge is 0.497 e. The van der Waals surface area contributed by atoms with Gasteiger partial charge < -0.3 is 15.0 Å². The standard InChI is InChI=1S/C21H29N3O2S/c1-4-17(14-24-11-5-6-12-24)23-20(25)13-19-21(22-15(2)27-19)16-7-9-18(26-3)10-8-16/h7-10,17H,4-6,11-14H2,1-3H3,(H,23,25). The van der Waals surface area contributed by atoms with E-state index in [2.05, 4.69) is 22.1 Å². The summed E-state index contributed by atoms with van der Waals surface area (Å²) in [5.41, 5.74) is 1.93. The molecular formula is C21H29N3O2S. The number of aromatic nitrogens is 1. The van der Waals surface area contributed by atoms with Crippen LogP contribution >= 0.6 is 11.3 Å². The lowest BCUT2D eigenvalue weighted by Crippen LogP contribution is -2.43. The molecule has 1 amide bonds. The lowest BCUT2D eigenvalue weighted by molar-refractivity contribution is -0.121. The van der Waals surface area contributed by atoms with Gasteiger partial charge in [-0.05, 0) is 63.5 Å². The van der Waals surface area contributed by atoms with Crippen molar-refractivity contribution in [2.75, 3.05) is 26.7 Å². The fraction of sp³-hybridized carbons (Fsp3) is 0.524. The van der Waals surface area contributed by atoms with E-state index >= 15 is 0 Å². The number of carbonyl (C=O) groups is 1. The lowest BCUT2D eigenvalue weighted by Gasteiger charge is -2.23. The Hall–Kier alpha value is -1.92. The summed E-state index contributed by atoms with van der Waals surface area (Å²) in [5.74, 6) is 0.900. The summed E-state index contributed by atoms with van der Waals surface area (Å²) in [6, 6.07) is 8.07. The predicted molar refractivity (Wildman–Crippen MR) is 110 cm³/mol. The van der Waals surface area contributed by atoms with E-state index in [1.54, 1.807) is 18.4 Å². The molecule has 1 aromatic heterocycles. The first-order valence-corrected chi connectivity index (χ1v) is 10.5. The summed E-state index contributed by atoms with van der Waals surface area (Å²) in [6.07, 6.45) is 3.88. The molecule has 1 aromatic carbocycles. The molecule has 1 atom stereocenters. The number of likely N-dealkylation sites (tertiary alicyclic amines) is 1. The second-order valence-electron chi connectivity index (χ2n) is 7.09. The third kappa shape index (κ3) is 5.30. The van der Waals surface area contributed by atoms with E-state index in [1.165, 1.54) is 12.8 Å². The molecule has 3 rings (SSSR count). The van der Waals surface area contributed by atoms with Crippen LogP contribution in [0.5, 0.6) is 5.75 Å². The third-order valence-corrected chi connectivity index (χ3v) is 5.99. The van der Waals surface area contributed by atoms with Crippen molar-refractivity contribution in [1.82, 2.24) is 15.2 Å². The second kappa shape index (κ2) is 9.33. The maximum absolute atomic E-state index is 12.7. The molecule has 2 heterocycles. The molecule has 0 saturated carbocycles. The molecule has 0 bridgehead atoms. The van der Waals surface area contributed by atoms with Crippen molar-refractivity contribution in [3.05, 3.63) is 34.2 Å². The first-order valence-electron chi connectivity index (χ1n) is 9.71. The molecule has 0 spiro atoms. The highest BCUT2D eigenvalue weighted by Gasteiger charge is 2.20. The number of methoxy groups -OCH3 is 1. The van der Waals surface area contributed by atoms with Crippen LogP contribution in [-0.2, 0) is 11.2 Å². The van der Waals surface area contributed by atoms with Crippen LogP contribution in [0.2, 0.25) is 0 Å². The van der Waals surface area contributed by atoms with E-state index in [4.69, 9.17) is 4.74 Å². The number of benzene rings is 1. The summed E-state index contributed by atoms with van der Waals surface area (Å²) in [4.78, 5) is 20.8. The molecule has 1 unspecified atom stereocenters. The predicted octanol–water partition coefficient (Wildman–Crippen LogP) is 3.66. The van der Waals surface area contributed by atoms with Crippen molar-refractivity contribution in [2.24, 2.45) is 0 Å². The number of thiazole rings is 1. The highest BCUT2D eigenvalue weighted by molar-refractivity contribution is 7.12. The molecule has 6 heteroatoms. The van der Waals surface area contributed by atoms with Crippen molar-refractivity contribution in [3.8, 4) is 17.0 Å². The summed E-state index contributed by atoms with van der Waals surface area (Å²) < 4.78 is 5.23. The van der Waals surface area contributed by atoms with Crippen LogP contribution in [0.15, 0.2) is 24.3 Å². The Bertz CT molecular complexity index is 751. The fourth-order valence-corrected chi connectivity index (χ4v) is 4.50. The zero-order valence-corrected chi connectivity index (χ0v) is 17.3. The van der Waals surface area contributed by atoms with Crippen LogP contribution in [0.1, 0.15) is 36.1 Å². The molecule has 1 N–H and O–H groups in total. The fourth-order valence-electron chi connectivity index (χ4n) is 3.54. The van der Waals surface area contributed by atoms with Gasteiger partial charge >= 0.3 is 0 Å². The highest BCUT2D eigenvalue weighted by Crippen LogP contribution is 2.29. The molecule has 27 heavy (non-hydrogen) atoms. The molecule has 146 valence electrons. The zero-order chi connectivity index (χ0) is 19.2. The van der Waals surface area contributed by atoms with Crippen LogP contribution in [-0.4, -0.2) is 48.6 Å². The molecule has 1 aliphatic heterocycles. The van der Waals surface area contributed by atoms with Crippen molar-refractivity contribution in [2.45, 2.75) is 45.6 Å². The summed E-state index contributed by atoms with van der Waals surface area (Å²) in [7, 11) is 1.66. The second-order valence-corrected chi connectivity index (χ2v) is 8.38. The van der Waals surface area contributed by atoms with Gasteiger partial charge in [-0.1, -0.05) is 6.92 Å². The molecule has 2 aromatic rings. The molecule has 1 aliphatic rings. The Balaban J connectivity index is 1.66. The van der Waals surface area contributed by atoms with Crippen LogP contribution in [0.4, 0.5) is 0 Å². The average molecular weight is 388 g/mol. The quantitative estimate of drug-likeness (QED) is 0.751. The van der Waals surface area contributed by atoms with Crippen LogP contribution < -0.4 is 10.1 Å². The Kier molecular flexibility index (Phi) is 6.85. The number of amides is 1. The summed E-state index contributed by atoms with van der Waals surface area (Å²) in [6.45, 7) is 7.39. The van der Waals surface area contributed by atoms with Gasteiger partial charge in [0.05, 0.1) is 24.2 Å². The number of rotatable bonds is 8. The summed E-state index contributed by atoms with van der Waals surface area (Å²) >= 11 is 1.60. The van der Waals surface area contributed by atoms with Crippen molar-refractivity contribution in [3.63, 3.8) is 0 Å². The maximum Gasteiger partial charge on any atom is 0.225 e. The SMILES string of the molecule is CCC(CN1CCCC1)NC(=O)Cc1sc(C)nc1-c1ccc(OC)cc1. The van der Waals surface area contributed by atoms with Crippen molar-refractivity contribution in [1.29, 1.82) is 0 Å². The summed E-state index contributed by atoms with van der Waals surface area (Å²) in [5, 5.41) is 4.21. The normalized spacial score (nSPS) is 15.7. The van der Waals surface area contributed by atoms with E-state index in [-0.39, 0.29) is 11.9 Å². The van der Waals surface area contributed by atoms with E-state index in [9.17, 15) is 4.79 Å². The molecule has 1 saturated heterocycles. The number of aryl methyl sites for hydroxylation is 1. The van der Waals surface area contributed by atoms with Gasteiger partial charge in [-0.15, -0.1) is 11.3 Å². The third-order valence-electron chi connectivity index (χ3n) is 5.02. The Morgan fingerprint density at radius 1 is 1.30 bits per heavy atom. The van der Waals surface area contributed by atoms with Gasteiger partial charge in [-0.2, -0.15) is 0 Å². The van der Waals surface area contributed by atoms with E-state index in [0.29, 0.717) is 6.42 Å². The first-order chi connectivity index (χ1) is 13.1. The number of carbonyl (C=O) groups excluding carboxylic acids is 1. The number of ether oxygens (including phenoxy) is 1. The maximum atomic E-state index is 12.7. The van der Waals surface area contributed by atoms with Crippen LogP contribution in [0, 0.1) is 6.92 Å². The first kappa shape index (κ1) is 19.8. The minimum atomic E-state index is 0.0828. The molecule has 5 nitrogen and oxygen atoms in total. The zero-order valence-electron chi connectivity index (χ0n) is 16.5. The number of hydrogen-bond donors (Lipinski definition) is 1. The van der Waals surface area contributed by atoms with Gasteiger partial charge in [0.25, 0.3) is 0 Å². The monoisotopic (exact) mass is 387 g/mol. The van der Waals surface area contributed by atoms with Crippen LogP contribution in [0.3, 0.4) is 0 Å². The Morgan fingerprint density at radius 2 is 2.00 bits per heavy atom. The molecular weight excluding hydrogens is 358 g/mol. The Labute approximate surface area is 165 Å². The van der Waals surface area contributed by atoms with Gasteiger partial charge in [-0.3, -0.25) is 4.79 Å². The molecule has 1 fully saturated rings. The lowest BCUT2D eigenvalue weighted by atomic mass is 10.1. The topological polar surface area (TPSA) is 54.5 Å². The minimum absolute atomic E-state index is 0.0828. The number of nitrogens with zero attached hydrogens (tertiary/aromatic N) is 2. The number of nitrogens with one attached hydrogen (secondary N) is 1. The van der Waals surface area contributed by atoms with Gasteiger partial charge in [0.1, 0.15) is 5.75 Å². The smallest absolute Gasteiger partial charge is 0.225 e. The molecule has 0 radical (unpaired) electrons. The van der Waals surface area contributed by atoms with E-state index in [1.807, 2.05) is 31.2 Å². The number of hydrogen-bond acceptors (Lipinski definition) is 5. The van der Waals surface area contributed by atoms with Crippen LogP contribution in [0.25, 0.3) is 11.3 Å². The minimum Gasteiger partial charge on any atom is -0.497 e. The van der Waals surface area contributed by atoms with Gasteiger partial charge in [-0.25, -0.2) is 4.98 Å². The van der Waals surface area contributed by atoms with Crippen molar-refractivity contribution < 1.29 is 9.53 Å². The van der Waals surface area contributed by atoms with E-state index in [0.717, 1.165) is 52.9 Å². The van der Waals surface area contributed by atoms with E-state index < -0.39 is 0 Å². The van der Waals surface area contributed by atoms with Gasteiger partial charge in [0, 0.05) is 23.0 Å². The average Bonchev–Trinajstić information content (AvgIpc) is 3.30. The van der Waals surface area contributed by atoms with Crippen molar-refractivity contribution >= 4 is 17.2 Å². The highest BCUT2D eigenvalue weighted by atomic mass is 32.1. The molecule has 0 aliphatic carbocycles. The Morgan fingerprint density at radius 3 is 2.63 bits per heavy atom.